The van der Waals surface area contributed by atoms with E-state index in [-0.39, 0.29) is 17.5 Å². The Morgan fingerprint density at radius 2 is 2.19 bits per heavy atom. The summed E-state index contributed by atoms with van der Waals surface area (Å²) >= 11 is 1.37. The molecule has 1 aliphatic carbocycles. The lowest BCUT2D eigenvalue weighted by atomic mass is 10.1. The number of carbonyl (C=O) groups excluding carboxylic acids is 1. The lowest BCUT2D eigenvalue weighted by molar-refractivity contribution is -0.154. The van der Waals surface area contributed by atoms with E-state index in [0.29, 0.717) is 16.1 Å². The summed E-state index contributed by atoms with van der Waals surface area (Å²) in [6, 6.07) is 2.62. The Morgan fingerprint density at radius 1 is 1.44 bits per heavy atom. The molecule has 1 aliphatic rings. The molecule has 0 aliphatic heterocycles. The smallest absolute Gasteiger partial charge is 0.422 e. The van der Waals surface area contributed by atoms with E-state index in [9.17, 15) is 18.0 Å². The fourth-order valence-corrected chi connectivity index (χ4v) is 3.31. The summed E-state index contributed by atoms with van der Waals surface area (Å²) in [5, 5.41) is 5.21. The Balaban J connectivity index is 1.80. The van der Waals surface area contributed by atoms with Crippen molar-refractivity contribution in [3.63, 3.8) is 0 Å². The molecule has 0 bridgehead atoms. The van der Waals surface area contributed by atoms with Crippen molar-refractivity contribution in [2.24, 2.45) is 0 Å². The van der Waals surface area contributed by atoms with Gasteiger partial charge in [0.2, 0.25) is 5.88 Å². The van der Waals surface area contributed by atoms with Crippen LogP contribution in [0.2, 0.25) is 0 Å². The second-order valence-corrected chi connectivity index (χ2v) is 7.32. The zero-order valence-corrected chi connectivity index (χ0v) is 15.4. The highest BCUT2D eigenvalue weighted by Gasteiger charge is 2.32. The molecule has 5 nitrogen and oxygen atoms in total. The number of halogens is 3. The molecule has 1 amide bonds. The third kappa shape index (κ3) is 5.06. The van der Waals surface area contributed by atoms with Gasteiger partial charge < -0.3 is 10.1 Å². The lowest BCUT2D eigenvalue weighted by Crippen LogP contribution is -2.30. The minimum absolute atomic E-state index is 0.0145. The predicted molar refractivity (Wildman–Crippen MR) is 94.9 cm³/mol. The number of nitrogens with one attached hydrogen (secondary N) is 1. The van der Waals surface area contributed by atoms with Gasteiger partial charge in [-0.2, -0.15) is 13.2 Å². The summed E-state index contributed by atoms with van der Waals surface area (Å²) in [6.45, 7) is 4.17. The average Bonchev–Trinajstić information content (AvgIpc) is 3.31. The number of pyridine rings is 1. The van der Waals surface area contributed by atoms with Crippen molar-refractivity contribution in [1.29, 1.82) is 0 Å². The van der Waals surface area contributed by atoms with E-state index < -0.39 is 24.7 Å². The molecule has 1 N–H and O–H groups in total. The number of hydrogen-bond acceptors (Lipinski definition) is 5. The van der Waals surface area contributed by atoms with E-state index in [1.165, 1.54) is 17.4 Å². The van der Waals surface area contributed by atoms with Crippen molar-refractivity contribution in [2.45, 2.75) is 37.9 Å². The molecule has 9 heteroatoms. The molecule has 2 aromatic rings. The predicted octanol–water partition coefficient (Wildman–Crippen LogP) is 4.40. The minimum atomic E-state index is -4.48. The van der Waals surface area contributed by atoms with Crippen molar-refractivity contribution < 1.29 is 22.7 Å². The third-order valence-corrected chi connectivity index (χ3v) is 4.82. The van der Waals surface area contributed by atoms with E-state index in [0.717, 1.165) is 12.8 Å². The van der Waals surface area contributed by atoms with Gasteiger partial charge in [-0.05, 0) is 31.7 Å². The maximum atomic E-state index is 12.6. The molecule has 0 radical (unpaired) electrons. The second kappa shape index (κ2) is 7.67. The molecular formula is C18H18F3N3O2S. The summed E-state index contributed by atoms with van der Waals surface area (Å²) in [6.07, 6.45) is -1.11. The monoisotopic (exact) mass is 397 g/mol. The summed E-state index contributed by atoms with van der Waals surface area (Å²) in [5.74, 6) is -0.530. The Morgan fingerprint density at radius 3 is 2.74 bits per heavy atom. The molecule has 2 heterocycles. The molecule has 1 atom stereocenters. The first-order valence-corrected chi connectivity index (χ1v) is 9.18. The van der Waals surface area contributed by atoms with Crippen LogP contribution in [-0.2, 0) is 0 Å². The zero-order valence-electron chi connectivity index (χ0n) is 14.5. The molecule has 0 aromatic carbocycles. The number of nitrogens with zero attached hydrogens (tertiary/aromatic N) is 2. The van der Waals surface area contributed by atoms with Crippen LogP contribution in [0.1, 0.15) is 52.8 Å². The van der Waals surface area contributed by atoms with Gasteiger partial charge in [0.1, 0.15) is 16.7 Å². The highest BCUT2D eigenvalue weighted by Crippen LogP contribution is 2.44. The van der Waals surface area contributed by atoms with E-state index in [1.54, 1.807) is 24.6 Å². The number of thiazole rings is 1. The SMILES string of the molecule is C=C(C)C(NC(=O)c1ccc(C2CC2)c(OCC(F)(F)F)n1)c1nccs1. The zero-order chi connectivity index (χ0) is 19.6. The van der Waals surface area contributed by atoms with Crippen molar-refractivity contribution in [2.75, 3.05) is 6.61 Å². The van der Waals surface area contributed by atoms with Crippen LogP contribution in [0.15, 0.2) is 35.9 Å². The first kappa shape index (κ1) is 19.3. The maximum absolute atomic E-state index is 12.6. The number of amides is 1. The number of hydrogen-bond donors (Lipinski definition) is 1. The van der Waals surface area contributed by atoms with Crippen LogP contribution < -0.4 is 10.1 Å². The van der Waals surface area contributed by atoms with Gasteiger partial charge in [-0.15, -0.1) is 11.3 Å². The molecular weight excluding hydrogens is 379 g/mol. The molecule has 1 fully saturated rings. The standard InChI is InChI=1S/C18H18F3N3O2S/c1-10(2)14(17-22-7-8-27-17)24-15(25)13-6-5-12(11-3-4-11)16(23-13)26-9-18(19,20)21/h5-8,11,14H,1,3-4,9H2,2H3,(H,24,25). The second-order valence-electron chi connectivity index (χ2n) is 6.39. The largest absolute Gasteiger partial charge is 0.468 e. The first-order valence-electron chi connectivity index (χ1n) is 8.31. The van der Waals surface area contributed by atoms with E-state index >= 15 is 0 Å². The number of rotatable bonds is 7. The Hall–Kier alpha value is -2.42. The summed E-state index contributed by atoms with van der Waals surface area (Å²) < 4.78 is 42.4. The third-order valence-electron chi connectivity index (χ3n) is 3.98. The van der Waals surface area contributed by atoms with Crippen LogP contribution in [-0.4, -0.2) is 28.7 Å². The average molecular weight is 397 g/mol. The topological polar surface area (TPSA) is 64.1 Å². The molecule has 2 aromatic heterocycles. The van der Waals surface area contributed by atoms with E-state index in [2.05, 4.69) is 21.9 Å². The van der Waals surface area contributed by atoms with Crippen molar-refractivity contribution in [1.82, 2.24) is 15.3 Å². The van der Waals surface area contributed by atoms with Crippen LogP contribution in [0.5, 0.6) is 5.88 Å². The molecule has 1 unspecified atom stereocenters. The normalized spacial score (nSPS) is 15.3. The number of ether oxygens (including phenoxy) is 1. The van der Waals surface area contributed by atoms with Gasteiger partial charge >= 0.3 is 6.18 Å². The summed E-state index contributed by atoms with van der Waals surface area (Å²) in [7, 11) is 0. The van der Waals surface area contributed by atoms with Crippen molar-refractivity contribution in [3.05, 3.63) is 52.1 Å². The van der Waals surface area contributed by atoms with Gasteiger partial charge in [0.05, 0.1) is 0 Å². The van der Waals surface area contributed by atoms with Gasteiger partial charge in [-0.1, -0.05) is 18.2 Å². The molecule has 1 saturated carbocycles. The molecule has 0 saturated heterocycles. The molecule has 27 heavy (non-hydrogen) atoms. The molecule has 3 rings (SSSR count). The van der Waals surface area contributed by atoms with Gasteiger partial charge in [0.25, 0.3) is 5.91 Å². The van der Waals surface area contributed by atoms with Crippen LogP contribution >= 0.6 is 11.3 Å². The fourth-order valence-electron chi connectivity index (χ4n) is 2.53. The number of carbonyl (C=O) groups is 1. The van der Waals surface area contributed by atoms with E-state index in [1.807, 2.05) is 0 Å². The van der Waals surface area contributed by atoms with Crippen LogP contribution in [0, 0.1) is 0 Å². The Labute approximate surface area is 158 Å². The highest BCUT2D eigenvalue weighted by molar-refractivity contribution is 7.09. The van der Waals surface area contributed by atoms with Gasteiger partial charge in [-0.25, -0.2) is 9.97 Å². The molecule has 0 spiro atoms. The highest BCUT2D eigenvalue weighted by atomic mass is 32.1. The fraction of sp³-hybridized carbons (Fsp3) is 0.389. The minimum Gasteiger partial charge on any atom is -0.468 e. The van der Waals surface area contributed by atoms with Gasteiger partial charge in [0.15, 0.2) is 6.61 Å². The van der Waals surface area contributed by atoms with Crippen LogP contribution in [0.25, 0.3) is 0 Å². The maximum Gasteiger partial charge on any atom is 0.422 e. The Kier molecular flexibility index (Phi) is 5.50. The van der Waals surface area contributed by atoms with Crippen molar-refractivity contribution >= 4 is 17.2 Å². The van der Waals surface area contributed by atoms with Crippen molar-refractivity contribution in [3.8, 4) is 5.88 Å². The quantitative estimate of drug-likeness (QED) is 0.703. The lowest BCUT2D eigenvalue weighted by Gasteiger charge is -2.17. The number of alkyl halides is 3. The molecule has 144 valence electrons. The van der Waals surface area contributed by atoms with Gasteiger partial charge in [0, 0.05) is 17.1 Å². The Bertz CT molecular complexity index is 833. The first-order chi connectivity index (χ1) is 12.7. The summed E-state index contributed by atoms with van der Waals surface area (Å²) in [5.41, 5.74) is 1.27. The van der Waals surface area contributed by atoms with Crippen LogP contribution in [0.3, 0.4) is 0 Å². The van der Waals surface area contributed by atoms with Gasteiger partial charge in [-0.3, -0.25) is 4.79 Å². The summed E-state index contributed by atoms with van der Waals surface area (Å²) in [4.78, 5) is 20.8. The van der Waals surface area contributed by atoms with Crippen LogP contribution in [0.4, 0.5) is 13.2 Å². The number of aromatic nitrogens is 2. The van der Waals surface area contributed by atoms with E-state index in [4.69, 9.17) is 4.74 Å².